The lowest BCUT2D eigenvalue weighted by Crippen LogP contribution is -2.14. The van der Waals surface area contributed by atoms with Crippen LogP contribution in [0.25, 0.3) is 0 Å². The standard InChI is InChI=1S/C15H13BrClNO/c1-10-6-7-12(9-14(10)17)18-15(19)8-11-4-2-3-5-13(11)16/h2-7,9H,8H2,1H3,(H,18,19). The molecule has 0 bridgehead atoms. The average Bonchev–Trinajstić information content (AvgIpc) is 2.37. The van der Waals surface area contributed by atoms with Crippen molar-refractivity contribution in [2.24, 2.45) is 0 Å². The first-order valence-corrected chi connectivity index (χ1v) is 7.03. The Bertz CT molecular complexity index is 613. The van der Waals surface area contributed by atoms with Gasteiger partial charge in [-0.25, -0.2) is 0 Å². The van der Waals surface area contributed by atoms with Crippen LogP contribution < -0.4 is 5.32 Å². The molecule has 0 saturated carbocycles. The first-order chi connectivity index (χ1) is 9.06. The second kappa shape index (κ2) is 6.22. The molecule has 2 aromatic rings. The second-order valence-electron chi connectivity index (χ2n) is 4.28. The summed E-state index contributed by atoms with van der Waals surface area (Å²) in [7, 11) is 0. The molecule has 0 aliphatic heterocycles. The van der Waals surface area contributed by atoms with Gasteiger partial charge >= 0.3 is 0 Å². The zero-order chi connectivity index (χ0) is 13.8. The zero-order valence-corrected chi connectivity index (χ0v) is 12.8. The van der Waals surface area contributed by atoms with Gasteiger partial charge in [-0.1, -0.05) is 51.8 Å². The SMILES string of the molecule is Cc1ccc(NC(=O)Cc2ccccc2Br)cc1Cl. The number of rotatable bonds is 3. The smallest absolute Gasteiger partial charge is 0.228 e. The molecule has 2 aromatic carbocycles. The van der Waals surface area contributed by atoms with Crippen molar-refractivity contribution in [2.45, 2.75) is 13.3 Å². The van der Waals surface area contributed by atoms with E-state index in [4.69, 9.17) is 11.6 Å². The molecule has 1 N–H and O–H groups in total. The molecule has 0 radical (unpaired) electrons. The second-order valence-corrected chi connectivity index (χ2v) is 5.54. The van der Waals surface area contributed by atoms with Crippen molar-refractivity contribution in [1.82, 2.24) is 0 Å². The number of carbonyl (C=O) groups is 1. The van der Waals surface area contributed by atoms with E-state index in [9.17, 15) is 4.79 Å². The van der Waals surface area contributed by atoms with Crippen LogP contribution in [0.2, 0.25) is 5.02 Å². The normalized spacial score (nSPS) is 10.3. The maximum absolute atomic E-state index is 12.0. The van der Waals surface area contributed by atoms with E-state index >= 15 is 0 Å². The summed E-state index contributed by atoms with van der Waals surface area (Å²) >= 11 is 9.45. The molecule has 98 valence electrons. The minimum atomic E-state index is -0.0631. The van der Waals surface area contributed by atoms with Crippen LogP contribution in [0, 0.1) is 6.92 Å². The summed E-state index contributed by atoms with van der Waals surface area (Å²) in [5.74, 6) is -0.0631. The summed E-state index contributed by atoms with van der Waals surface area (Å²) in [6.07, 6.45) is 0.326. The van der Waals surface area contributed by atoms with Crippen molar-refractivity contribution < 1.29 is 4.79 Å². The van der Waals surface area contributed by atoms with E-state index in [0.29, 0.717) is 17.1 Å². The maximum Gasteiger partial charge on any atom is 0.228 e. The molecule has 2 nitrogen and oxygen atoms in total. The number of aryl methyl sites for hydroxylation is 1. The lowest BCUT2D eigenvalue weighted by atomic mass is 10.1. The Morgan fingerprint density at radius 2 is 2.00 bits per heavy atom. The molecule has 0 aliphatic carbocycles. The van der Waals surface area contributed by atoms with Gasteiger partial charge in [0.05, 0.1) is 6.42 Å². The van der Waals surface area contributed by atoms with Crippen LogP contribution in [0.5, 0.6) is 0 Å². The molecule has 4 heteroatoms. The predicted molar refractivity (Wildman–Crippen MR) is 82.7 cm³/mol. The Hall–Kier alpha value is -1.32. The quantitative estimate of drug-likeness (QED) is 0.871. The van der Waals surface area contributed by atoms with Gasteiger partial charge in [0, 0.05) is 15.2 Å². The topological polar surface area (TPSA) is 29.1 Å². The number of carbonyl (C=O) groups excluding carboxylic acids is 1. The van der Waals surface area contributed by atoms with E-state index in [1.165, 1.54) is 0 Å². The molecule has 0 unspecified atom stereocenters. The van der Waals surface area contributed by atoms with Crippen molar-refractivity contribution in [1.29, 1.82) is 0 Å². The summed E-state index contributed by atoms with van der Waals surface area (Å²) in [4.78, 5) is 12.0. The van der Waals surface area contributed by atoms with Crippen LogP contribution in [0.4, 0.5) is 5.69 Å². The van der Waals surface area contributed by atoms with E-state index < -0.39 is 0 Å². The summed E-state index contributed by atoms with van der Waals surface area (Å²) in [5.41, 5.74) is 2.66. The molecule has 1 amide bonds. The Balaban J connectivity index is 2.05. The Morgan fingerprint density at radius 3 is 2.68 bits per heavy atom. The summed E-state index contributed by atoms with van der Waals surface area (Å²) < 4.78 is 0.937. The van der Waals surface area contributed by atoms with E-state index in [2.05, 4.69) is 21.2 Å². The number of benzene rings is 2. The Morgan fingerprint density at radius 1 is 1.26 bits per heavy atom. The third-order valence-electron chi connectivity index (χ3n) is 2.76. The van der Waals surface area contributed by atoms with Gasteiger partial charge in [0.25, 0.3) is 0 Å². The predicted octanol–water partition coefficient (Wildman–Crippen LogP) is 4.59. The molecule has 0 atom stereocenters. The minimum absolute atomic E-state index is 0.0631. The van der Waals surface area contributed by atoms with Crippen molar-refractivity contribution in [2.75, 3.05) is 5.32 Å². The van der Waals surface area contributed by atoms with Gasteiger partial charge in [-0.3, -0.25) is 4.79 Å². The molecular weight excluding hydrogens is 326 g/mol. The van der Waals surface area contributed by atoms with E-state index in [1.807, 2.05) is 43.3 Å². The Kier molecular flexibility index (Phi) is 4.61. The molecule has 0 fully saturated rings. The molecular formula is C15H13BrClNO. The number of anilines is 1. The van der Waals surface area contributed by atoms with Crippen LogP contribution in [-0.2, 0) is 11.2 Å². The third kappa shape index (κ3) is 3.82. The third-order valence-corrected chi connectivity index (χ3v) is 3.95. The molecule has 0 spiro atoms. The van der Waals surface area contributed by atoms with Crippen molar-refractivity contribution in [3.63, 3.8) is 0 Å². The maximum atomic E-state index is 12.0. The van der Waals surface area contributed by atoms with Crippen molar-refractivity contribution in [3.8, 4) is 0 Å². The fourth-order valence-electron chi connectivity index (χ4n) is 1.69. The minimum Gasteiger partial charge on any atom is -0.326 e. The molecule has 2 rings (SSSR count). The first kappa shape index (κ1) is 14.1. The molecule has 0 aliphatic rings. The fourth-order valence-corrected chi connectivity index (χ4v) is 2.30. The van der Waals surface area contributed by atoms with Gasteiger partial charge < -0.3 is 5.32 Å². The molecule has 0 heterocycles. The van der Waals surface area contributed by atoms with Gasteiger partial charge in [-0.15, -0.1) is 0 Å². The van der Waals surface area contributed by atoms with Crippen LogP contribution >= 0.6 is 27.5 Å². The number of hydrogen-bond donors (Lipinski definition) is 1. The van der Waals surface area contributed by atoms with Crippen LogP contribution in [0.15, 0.2) is 46.9 Å². The number of halogens is 2. The van der Waals surface area contributed by atoms with E-state index in [0.717, 1.165) is 15.6 Å². The van der Waals surface area contributed by atoms with Gasteiger partial charge in [-0.2, -0.15) is 0 Å². The molecule has 0 aromatic heterocycles. The van der Waals surface area contributed by atoms with E-state index in [-0.39, 0.29) is 5.91 Å². The van der Waals surface area contributed by atoms with Crippen LogP contribution in [0.1, 0.15) is 11.1 Å². The molecule has 0 saturated heterocycles. The van der Waals surface area contributed by atoms with Gasteiger partial charge in [0.2, 0.25) is 5.91 Å². The number of nitrogens with one attached hydrogen (secondary N) is 1. The van der Waals surface area contributed by atoms with Crippen molar-refractivity contribution in [3.05, 3.63) is 63.1 Å². The highest BCUT2D eigenvalue weighted by Gasteiger charge is 2.07. The summed E-state index contributed by atoms with van der Waals surface area (Å²) in [6.45, 7) is 1.93. The van der Waals surface area contributed by atoms with Gasteiger partial charge in [0.15, 0.2) is 0 Å². The lowest BCUT2D eigenvalue weighted by molar-refractivity contribution is -0.115. The summed E-state index contributed by atoms with van der Waals surface area (Å²) in [5, 5.41) is 3.49. The monoisotopic (exact) mass is 337 g/mol. The summed E-state index contributed by atoms with van der Waals surface area (Å²) in [6, 6.07) is 13.2. The highest BCUT2D eigenvalue weighted by atomic mass is 79.9. The highest BCUT2D eigenvalue weighted by Crippen LogP contribution is 2.21. The zero-order valence-electron chi connectivity index (χ0n) is 10.4. The fraction of sp³-hybridized carbons (Fsp3) is 0.133. The molecule has 19 heavy (non-hydrogen) atoms. The Labute approximate surface area is 125 Å². The first-order valence-electron chi connectivity index (χ1n) is 5.85. The van der Waals surface area contributed by atoms with Crippen LogP contribution in [-0.4, -0.2) is 5.91 Å². The van der Waals surface area contributed by atoms with Crippen molar-refractivity contribution >= 4 is 39.1 Å². The van der Waals surface area contributed by atoms with Gasteiger partial charge in [-0.05, 0) is 36.2 Å². The average molecular weight is 339 g/mol. The largest absolute Gasteiger partial charge is 0.326 e. The highest BCUT2D eigenvalue weighted by molar-refractivity contribution is 9.10. The number of amides is 1. The number of hydrogen-bond acceptors (Lipinski definition) is 1. The lowest BCUT2D eigenvalue weighted by Gasteiger charge is -2.08. The van der Waals surface area contributed by atoms with E-state index in [1.54, 1.807) is 6.07 Å². The van der Waals surface area contributed by atoms with Crippen LogP contribution in [0.3, 0.4) is 0 Å². The van der Waals surface area contributed by atoms with Gasteiger partial charge in [0.1, 0.15) is 0 Å².